The van der Waals surface area contributed by atoms with Gasteiger partial charge in [-0.05, 0) is 50.5 Å². The summed E-state index contributed by atoms with van der Waals surface area (Å²) in [6.45, 7) is 6.09. The third-order valence-electron chi connectivity index (χ3n) is 6.05. The van der Waals surface area contributed by atoms with Crippen LogP contribution >= 0.6 is 0 Å². The summed E-state index contributed by atoms with van der Waals surface area (Å²) >= 11 is 0. The number of aliphatic carboxylic acids is 1. The molecule has 0 amide bonds. The molecule has 21 heavy (non-hydrogen) atoms. The van der Waals surface area contributed by atoms with E-state index in [0.29, 0.717) is 11.8 Å². The van der Waals surface area contributed by atoms with E-state index >= 15 is 0 Å². The number of carboxylic acid groups (broad SMARTS) is 1. The molecule has 0 radical (unpaired) electrons. The Labute approximate surface area is 124 Å². The molecule has 3 heterocycles. The largest absolute Gasteiger partial charge is 0.475 e. The summed E-state index contributed by atoms with van der Waals surface area (Å²) in [6.07, 6.45) is 3.37. The molecule has 1 spiro atoms. The van der Waals surface area contributed by atoms with Crippen molar-refractivity contribution < 1.29 is 24.1 Å². The van der Waals surface area contributed by atoms with Gasteiger partial charge in [-0.2, -0.15) is 0 Å². The molecule has 116 valence electrons. The van der Waals surface area contributed by atoms with Crippen LogP contribution in [0, 0.1) is 17.8 Å². The molecule has 3 fully saturated rings. The van der Waals surface area contributed by atoms with Gasteiger partial charge in [-0.25, -0.2) is 4.79 Å². The summed E-state index contributed by atoms with van der Waals surface area (Å²) in [6, 6.07) is 0. The molecular weight excluding hydrogens is 272 g/mol. The monoisotopic (exact) mass is 294 g/mol. The summed E-state index contributed by atoms with van der Waals surface area (Å²) in [5, 5.41) is 9.40. The molecule has 5 heteroatoms. The third kappa shape index (κ3) is 1.56. The van der Waals surface area contributed by atoms with Gasteiger partial charge in [0.2, 0.25) is 12.0 Å². The van der Waals surface area contributed by atoms with Crippen molar-refractivity contribution in [2.45, 2.75) is 64.1 Å². The lowest BCUT2D eigenvalue weighted by Gasteiger charge is -2.55. The van der Waals surface area contributed by atoms with Crippen molar-refractivity contribution in [2.75, 3.05) is 0 Å². The summed E-state index contributed by atoms with van der Waals surface area (Å²) < 4.78 is 18.2. The molecular formula is C16H22O5. The van der Waals surface area contributed by atoms with Crippen LogP contribution in [0.1, 0.15) is 46.5 Å². The Morgan fingerprint density at radius 3 is 2.81 bits per heavy atom. The highest BCUT2D eigenvalue weighted by atomic mass is 16.8. The standard InChI is InChI=1S/C16H22O5/c1-8-4-5-11-9(2)12(13(17)18)19-14-16(11)10(8)6-7-15(3,20-14)21-16/h8,10-11,14H,4-7H2,1-3H3,(H,17,18)/t8-,10+,11+,14-,15+,16-/m1/s1. The fourth-order valence-corrected chi connectivity index (χ4v) is 5.10. The van der Waals surface area contributed by atoms with Crippen LogP contribution in [0.4, 0.5) is 0 Å². The normalized spacial score (nSPS) is 51.4. The lowest BCUT2D eigenvalue weighted by atomic mass is 9.58. The Morgan fingerprint density at radius 1 is 1.33 bits per heavy atom. The molecule has 0 aromatic carbocycles. The van der Waals surface area contributed by atoms with Crippen molar-refractivity contribution in [3.05, 3.63) is 11.3 Å². The van der Waals surface area contributed by atoms with Gasteiger partial charge in [0.05, 0.1) is 0 Å². The molecule has 6 atom stereocenters. The molecule has 4 rings (SSSR count). The Bertz CT molecular complexity index is 541. The van der Waals surface area contributed by atoms with E-state index in [0.717, 1.165) is 31.3 Å². The lowest BCUT2D eigenvalue weighted by molar-refractivity contribution is -0.243. The minimum absolute atomic E-state index is 0.0590. The van der Waals surface area contributed by atoms with Gasteiger partial charge in [-0.15, -0.1) is 0 Å². The number of hydrogen-bond donors (Lipinski definition) is 1. The molecule has 5 nitrogen and oxygen atoms in total. The first-order chi connectivity index (χ1) is 9.87. The molecule has 1 aliphatic carbocycles. The first kappa shape index (κ1) is 13.6. The van der Waals surface area contributed by atoms with E-state index in [1.54, 1.807) is 0 Å². The minimum atomic E-state index is -1.01. The first-order valence-corrected chi connectivity index (χ1v) is 7.86. The molecule has 0 aromatic heterocycles. The lowest BCUT2D eigenvalue weighted by Crippen LogP contribution is -2.62. The van der Waals surface area contributed by atoms with Crippen LogP contribution in [0.5, 0.6) is 0 Å². The zero-order chi connectivity index (χ0) is 15.0. The summed E-state index contributed by atoms with van der Waals surface area (Å²) in [5.74, 6) is -0.563. The van der Waals surface area contributed by atoms with Crippen LogP contribution in [0.2, 0.25) is 0 Å². The van der Waals surface area contributed by atoms with Gasteiger partial charge in [-0.3, -0.25) is 0 Å². The Kier molecular flexibility index (Phi) is 2.60. The SMILES string of the molecule is CC1=C(C(=O)O)O[C@@H]2O[C@]3(C)CC[C@H]4[C@H](C)CC[C@@H]1[C@@]24O3. The van der Waals surface area contributed by atoms with E-state index in [9.17, 15) is 9.90 Å². The van der Waals surface area contributed by atoms with Crippen LogP contribution in [0.3, 0.4) is 0 Å². The van der Waals surface area contributed by atoms with E-state index in [1.807, 2.05) is 13.8 Å². The maximum absolute atomic E-state index is 11.5. The number of ether oxygens (including phenoxy) is 3. The van der Waals surface area contributed by atoms with E-state index in [-0.39, 0.29) is 11.7 Å². The molecule has 2 saturated heterocycles. The number of carboxylic acids is 1. The topological polar surface area (TPSA) is 65.0 Å². The van der Waals surface area contributed by atoms with Gasteiger partial charge in [0.1, 0.15) is 5.60 Å². The van der Waals surface area contributed by atoms with Gasteiger partial charge in [0.25, 0.3) is 0 Å². The van der Waals surface area contributed by atoms with Crippen LogP contribution in [-0.2, 0) is 19.0 Å². The van der Waals surface area contributed by atoms with Crippen LogP contribution < -0.4 is 0 Å². The van der Waals surface area contributed by atoms with Crippen molar-refractivity contribution in [2.24, 2.45) is 17.8 Å². The molecule has 0 aromatic rings. The predicted octanol–water partition coefficient (Wildman–Crippen LogP) is 2.66. The average molecular weight is 294 g/mol. The Balaban J connectivity index is 1.86. The number of fused-ring (bicyclic) bond motifs is 1. The van der Waals surface area contributed by atoms with E-state index in [4.69, 9.17) is 14.2 Å². The zero-order valence-corrected chi connectivity index (χ0v) is 12.7. The Morgan fingerprint density at radius 2 is 2.10 bits per heavy atom. The van der Waals surface area contributed by atoms with Crippen molar-refractivity contribution >= 4 is 5.97 Å². The van der Waals surface area contributed by atoms with E-state index in [2.05, 4.69) is 6.92 Å². The highest BCUT2D eigenvalue weighted by molar-refractivity contribution is 5.85. The molecule has 2 bridgehead atoms. The number of hydrogen-bond acceptors (Lipinski definition) is 4. The van der Waals surface area contributed by atoms with Crippen LogP contribution in [0.25, 0.3) is 0 Å². The van der Waals surface area contributed by atoms with Gasteiger partial charge in [0.15, 0.2) is 5.79 Å². The summed E-state index contributed by atoms with van der Waals surface area (Å²) in [7, 11) is 0. The quantitative estimate of drug-likeness (QED) is 0.805. The highest BCUT2D eigenvalue weighted by Crippen LogP contribution is 2.63. The van der Waals surface area contributed by atoms with Crippen molar-refractivity contribution in [1.82, 2.24) is 0 Å². The fraction of sp³-hybridized carbons (Fsp3) is 0.812. The maximum atomic E-state index is 11.5. The summed E-state index contributed by atoms with van der Waals surface area (Å²) in [4.78, 5) is 11.5. The van der Waals surface area contributed by atoms with Gasteiger partial charge < -0.3 is 19.3 Å². The van der Waals surface area contributed by atoms with E-state index < -0.39 is 23.6 Å². The minimum Gasteiger partial charge on any atom is -0.475 e. The highest BCUT2D eigenvalue weighted by Gasteiger charge is 2.70. The van der Waals surface area contributed by atoms with Gasteiger partial charge >= 0.3 is 5.97 Å². The Hall–Kier alpha value is -1.07. The van der Waals surface area contributed by atoms with Crippen molar-refractivity contribution in [1.29, 1.82) is 0 Å². The molecule has 0 unspecified atom stereocenters. The third-order valence-corrected chi connectivity index (χ3v) is 6.05. The van der Waals surface area contributed by atoms with Crippen LogP contribution in [-0.4, -0.2) is 28.8 Å². The number of rotatable bonds is 1. The van der Waals surface area contributed by atoms with Crippen molar-refractivity contribution in [3.63, 3.8) is 0 Å². The summed E-state index contributed by atoms with van der Waals surface area (Å²) in [5.41, 5.74) is 0.318. The van der Waals surface area contributed by atoms with Crippen molar-refractivity contribution in [3.8, 4) is 0 Å². The predicted molar refractivity (Wildman–Crippen MR) is 73.1 cm³/mol. The average Bonchev–Trinajstić information content (AvgIpc) is 2.63. The smallest absolute Gasteiger partial charge is 0.371 e. The molecule has 1 saturated carbocycles. The second kappa shape index (κ2) is 4.02. The molecule has 4 aliphatic rings. The van der Waals surface area contributed by atoms with Gasteiger partial charge in [-0.1, -0.05) is 6.92 Å². The van der Waals surface area contributed by atoms with Crippen LogP contribution in [0.15, 0.2) is 11.3 Å². The first-order valence-electron chi connectivity index (χ1n) is 7.86. The second-order valence-electron chi connectivity index (χ2n) is 7.23. The number of carbonyl (C=O) groups is 1. The fourth-order valence-electron chi connectivity index (χ4n) is 5.10. The maximum Gasteiger partial charge on any atom is 0.371 e. The zero-order valence-electron chi connectivity index (χ0n) is 12.7. The second-order valence-corrected chi connectivity index (χ2v) is 7.23. The molecule has 3 aliphatic heterocycles. The molecule has 1 N–H and O–H groups in total. The van der Waals surface area contributed by atoms with Gasteiger partial charge in [0, 0.05) is 12.3 Å². The van der Waals surface area contributed by atoms with E-state index in [1.165, 1.54) is 0 Å².